The highest BCUT2D eigenvalue weighted by Crippen LogP contribution is 2.23. The molecule has 2 aromatic heterocycles. The Hall–Kier alpha value is -3.90. The molecule has 0 saturated heterocycles. The molecule has 9 nitrogen and oxygen atoms in total. The summed E-state index contributed by atoms with van der Waals surface area (Å²) in [6.07, 6.45) is -5.53. The first-order chi connectivity index (χ1) is 14.8. The number of aromatic nitrogens is 4. The van der Waals surface area contributed by atoms with Gasteiger partial charge in [0.05, 0.1) is 17.8 Å². The van der Waals surface area contributed by atoms with Crippen molar-refractivity contribution < 1.29 is 37.1 Å². The summed E-state index contributed by atoms with van der Waals surface area (Å²) in [5, 5.41) is 12.1. The second kappa shape index (κ2) is 7.98. The van der Waals surface area contributed by atoms with Gasteiger partial charge in [-0.05, 0) is 38.5 Å². The van der Waals surface area contributed by atoms with Crippen molar-refractivity contribution in [2.75, 3.05) is 0 Å². The molecule has 170 valence electrons. The van der Waals surface area contributed by atoms with Crippen LogP contribution in [-0.2, 0) is 11.2 Å². The number of alkyl halides is 3. The molecule has 0 amide bonds. The van der Waals surface area contributed by atoms with Crippen LogP contribution in [0.1, 0.15) is 28.1 Å². The van der Waals surface area contributed by atoms with Gasteiger partial charge in [0.2, 0.25) is 5.88 Å². The first-order valence-corrected chi connectivity index (χ1v) is 9.04. The summed E-state index contributed by atoms with van der Waals surface area (Å²) in [6.45, 7) is 4.26. The topological polar surface area (TPSA) is 121 Å². The van der Waals surface area contributed by atoms with E-state index in [4.69, 9.17) is 0 Å². The molecular formula is C19H17F4N4O5+. The molecule has 0 fully saturated rings. The van der Waals surface area contributed by atoms with E-state index in [2.05, 4.69) is 9.82 Å². The van der Waals surface area contributed by atoms with Gasteiger partial charge in [0.15, 0.2) is 0 Å². The number of carbonyl (C=O) groups excluding carboxylic acids is 1. The highest BCUT2D eigenvalue weighted by molar-refractivity contribution is 5.75. The lowest BCUT2D eigenvalue weighted by atomic mass is 10.0. The van der Waals surface area contributed by atoms with Gasteiger partial charge in [0, 0.05) is 11.1 Å². The van der Waals surface area contributed by atoms with E-state index in [1.54, 1.807) is 0 Å². The van der Waals surface area contributed by atoms with Crippen molar-refractivity contribution in [2.45, 2.75) is 33.4 Å². The minimum Gasteiger partial charge on any atom is -0.493 e. The molecule has 0 radical (unpaired) electrons. The molecule has 0 aliphatic heterocycles. The predicted molar refractivity (Wildman–Crippen MR) is 99.9 cm³/mol. The fraction of sp³-hybridized carbons (Fsp3) is 0.263. The molecule has 3 rings (SSSR count). The molecule has 0 aliphatic rings. The van der Waals surface area contributed by atoms with E-state index in [-0.39, 0.29) is 40.2 Å². The SMILES string of the molecule is Cc1[nH]c(=O)n(-c2cc(Cc3c(C)c(C)c(=O)[nH][n+]3OC(=O)C(F)(F)F)ccc2F)c1O. The molecule has 0 unspecified atom stereocenters. The maximum atomic E-state index is 14.4. The van der Waals surface area contributed by atoms with Crippen molar-refractivity contribution >= 4 is 5.97 Å². The highest BCUT2D eigenvalue weighted by Gasteiger charge is 2.46. The Morgan fingerprint density at radius 3 is 2.41 bits per heavy atom. The maximum Gasteiger partial charge on any atom is 0.498 e. The summed E-state index contributed by atoms with van der Waals surface area (Å²) in [5.41, 5.74) is -1.15. The average molecular weight is 457 g/mol. The van der Waals surface area contributed by atoms with Crippen LogP contribution in [0.4, 0.5) is 17.6 Å². The predicted octanol–water partition coefficient (Wildman–Crippen LogP) is 1.02. The molecule has 0 saturated carbocycles. The largest absolute Gasteiger partial charge is 0.498 e. The minimum atomic E-state index is -5.31. The molecule has 13 heteroatoms. The zero-order chi connectivity index (χ0) is 24.0. The minimum absolute atomic E-state index is 0.0286. The standard InChI is InChI=1S/C19H16F4N4O5/c1-8-9(2)15(28)25-27(32-17(30)19(21,22)23)13(8)6-11-4-5-12(20)14(7-11)26-16(29)10(3)24-18(26)31/h4-5,7,25,28H,6H2,1-3H3/p+1. The van der Waals surface area contributed by atoms with Crippen LogP contribution in [0.3, 0.4) is 0 Å². The van der Waals surface area contributed by atoms with Crippen LogP contribution in [-0.4, -0.2) is 31.9 Å². The summed E-state index contributed by atoms with van der Waals surface area (Å²) in [7, 11) is 0. The fourth-order valence-electron chi connectivity index (χ4n) is 2.99. The van der Waals surface area contributed by atoms with Crippen LogP contribution in [0.15, 0.2) is 27.8 Å². The van der Waals surface area contributed by atoms with E-state index >= 15 is 0 Å². The Morgan fingerprint density at radius 1 is 1.19 bits per heavy atom. The van der Waals surface area contributed by atoms with Crippen molar-refractivity contribution in [3.8, 4) is 11.6 Å². The smallest absolute Gasteiger partial charge is 0.493 e. The molecule has 3 N–H and O–H groups in total. The van der Waals surface area contributed by atoms with Crippen LogP contribution in [0, 0.1) is 26.6 Å². The molecule has 32 heavy (non-hydrogen) atoms. The Morgan fingerprint density at radius 2 is 1.84 bits per heavy atom. The molecule has 2 heterocycles. The average Bonchev–Trinajstić information content (AvgIpc) is 2.95. The van der Waals surface area contributed by atoms with Gasteiger partial charge >= 0.3 is 23.4 Å². The number of imidazole rings is 1. The first kappa shape index (κ1) is 22.8. The Bertz CT molecular complexity index is 1340. The normalized spacial score (nSPS) is 11.6. The molecule has 1 aromatic carbocycles. The van der Waals surface area contributed by atoms with Gasteiger partial charge in [-0.15, -0.1) is 0 Å². The third kappa shape index (κ3) is 4.13. The summed E-state index contributed by atoms with van der Waals surface area (Å²) >= 11 is 0. The van der Waals surface area contributed by atoms with Gasteiger partial charge in [0.25, 0.3) is 5.69 Å². The fourth-order valence-corrected chi connectivity index (χ4v) is 2.99. The Balaban J connectivity index is 2.11. The third-order valence-corrected chi connectivity index (χ3v) is 4.86. The van der Waals surface area contributed by atoms with Crippen molar-refractivity contribution in [2.24, 2.45) is 0 Å². The summed E-state index contributed by atoms with van der Waals surface area (Å²) in [5.74, 6) is -3.92. The van der Waals surface area contributed by atoms with Crippen molar-refractivity contribution in [3.05, 3.63) is 72.9 Å². The third-order valence-electron chi connectivity index (χ3n) is 4.86. The van der Waals surface area contributed by atoms with Gasteiger partial charge in [0.1, 0.15) is 10.7 Å². The van der Waals surface area contributed by atoms with Gasteiger partial charge in [-0.25, -0.2) is 18.5 Å². The Kier molecular flexibility index (Phi) is 5.68. The zero-order valence-electron chi connectivity index (χ0n) is 16.9. The number of carbonyl (C=O) groups is 1. The molecule has 0 aliphatic carbocycles. The highest BCUT2D eigenvalue weighted by atomic mass is 19.4. The molecule has 3 aromatic rings. The molecule has 0 spiro atoms. The number of aryl methyl sites for hydroxylation is 1. The number of aromatic hydroxyl groups is 1. The van der Waals surface area contributed by atoms with Crippen molar-refractivity contribution in [3.63, 3.8) is 0 Å². The van der Waals surface area contributed by atoms with E-state index in [1.807, 2.05) is 5.10 Å². The van der Waals surface area contributed by atoms with Crippen molar-refractivity contribution in [1.29, 1.82) is 0 Å². The van der Waals surface area contributed by atoms with Crippen LogP contribution in [0.5, 0.6) is 5.88 Å². The quantitative estimate of drug-likeness (QED) is 0.399. The number of hydrogen-bond donors (Lipinski definition) is 3. The number of H-pyrrole nitrogens is 2. The zero-order valence-corrected chi connectivity index (χ0v) is 16.9. The number of aromatic amines is 2. The number of nitrogens with one attached hydrogen (secondary N) is 2. The first-order valence-electron chi connectivity index (χ1n) is 9.04. The molecule has 0 atom stereocenters. The number of benzene rings is 1. The van der Waals surface area contributed by atoms with Gasteiger partial charge < -0.3 is 10.1 Å². The monoisotopic (exact) mass is 457 g/mol. The number of rotatable bonds is 4. The molecule has 0 bridgehead atoms. The van der Waals surface area contributed by atoms with Crippen LogP contribution in [0.25, 0.3) is 5.69 Å². The van der Waals surface area contributed by atoms with E-state index in [1.165, 1.54) is 32.9 Å². The second-order valence-corrected chi connectivity index (χ2v) is 6.99. The lowest BCUT2D eigenvalue weighted by Gasteiger charge is -2.09. The summed E-state index contributed by atoms with van der Waals surface area (Å²) in [6, 6.07) is 3.48. The van der Waals surface area contributed by atoms with Gasteiger partial charge in [-0.1, -0.05) is 11.2 Å². The van der Waals surface area contributed by atoms with E-state index < -0.39 is 35.1 Å². The Labute approximate surface area is 176 Å². The lowest BCUT2D eigenvalue weighted by molar-refractivity contribution is -0.921. The van der Waals surface area contributed by atoms with Crippen molar-refractivity contribution in [1.82, 2.24) is 14.6 Å². The number of hydrogen-bond acceptors (Lipinski definition) is 5. The van der Waals surface area contributed by atoms with Crippen LogP contribution < -0.4 is 20.9 Å². The molecular weight excluding hydrogens is 440 g/mol. The van der Waals surface area contributed by atoms with E-state index in [0.717, 1.165) is 6.07 Å². The van der Waals surface area contributed by atoms with E-state index in [9.17, 15) is 37.1 Å². The van der Waals surface area contributed by atoms with Gasteiger partial charge in [-0.3, -0.25) is 4.79 Å². The van der Waals surface area contributed by atoms with Crippen LogP contribution in [0.2, 0.25) is 0 Å². The number of halogens is 4. The number of nitrogens with zero attached hydrogens (tertiary/aromatic N) is 2. The maximum absolute atomic E-state index is 14.4. The summed E-state index contributed by atoms with van der Waals surface area (Å²) in [4.78, 5) is 42.3. The summed E-state index contributed by atoms with van der Waals surface area (Å²) < 4.78 is 53.1. The van der Waals surface area contributed by atoms with Crippen LogP contribution >= 0.6 is 0 Å². The lowest BCUT2D eigenvalue weighted by Crippen LogP contribution is -2.58. The van der Waals surface area contributed by atoms with Gasteiger partial charge in [-0.2, -0.15) is 18.0 Å². The second-order valence-electron chi connectivity index (χ2n) is 6.99. The van der Waals surface area contributed by atoms with E-state index in [0.29, 0.717) is 9.41 Å².